The average molecular weight is 185 g/mol. The summed E-state index contributed by atoms with van der Waals surface area (Å²) in [4.78, 5) is 0. The molecule has 0 aromatic rings. The SMILES string of the molecule is C[C](C)CC(C)OCCCC1CO1. The zero-order valence-electron chi connectivity index (χ0n) is 9.01. The molecule has 1 aliphatic heterocycles. The second-order valence-corrected chi connectivity index (χ2v) is 4.19. The van der Waals surface area contributed by atoms with Crippen LogP contribution in [0.15, 0.2) is 0 Å². The highest BCUT2D eigenvalue weighted by Gasteiger charge is 2.21. The second kappa shape index (κ2) is 5.61. The van der Waals surface area contributed by atoms with Crippen LogP contribution in [0.3, 0.4) is 0 Å². The van der Waals surface area contributed by atoms with Gasteiger partial charge in [-0.25, -0.2) is 0 Å². The van der Waals surface area contributed by atoms with Crippen molar-refractivity contribution in [3.05, 3.63) is 5.92 Å². The van der Waals surface area contributed by atoms with Crippen molar-refractivity contribution in [2.45, 2.75) is 52.2 Å². The molecule has 0 spiro atoms. The van der Waals surface area contributed by atoms with E-state index in [0.717, 1.165) is 26.1 Å². The fourth-order valence-electron chi connectivity index (χ4n) is 1.46. The first-order valence-corrected chi connectivity index (χ1v) is 5.20. The fourth-order valence-corrected chi connectivity index (χ4v) is 1.46. The van der Waals surface area contributed by atoms with E-state index in [1.165, 1.54) is 12.3 Å². The van der Waals surface area contributed by atoms with Crippen LogP contribution >= 0.6 is 0 Å². The van der Waals surface area contributed by atoms with Crippen LogP contribution in [0.1, 0.15) is 40.0 Å². The summed E-state index contributed by atoms with van der Waals surface area (Å²) in [6, 6.07) is 0. The second-order valence-electron chi connectivity index (χ2n) is 4.19. The Morgan fingerprint density at radius 2 is 2.23 bits per heavy atom. The van der Waals surface area contributed by atoms with E-state index in [1.54, 1.807) is 0 Å². The molecule has 2 unspecified atom stereocenters. The van der Waals surface area contributed by atoms with Crippen LogP contribution in [0.4, 0.5) is 0 Å². The van der Waals surface area contributed by atoms with E-state index < -0.39 is 0 Å². The quantitative estimate of drug-likeness (QED) is 0.449. The number of rotatable bonds is 7. The van der Waals surface area contributed by atoms with Crippen molar-refractivity contribution in [2.75, 3.05) is 13.2 Å². The van der Waals surface area contributed by atoms with Crippen LogP contribution < -0.4 is 0 Å². The lowest BCUT2D eigenvalue weighted by Gasteiger charge is -2.14. The summed E-state index contributed by atoms with van der Waals surface area (Å²) in [5, 5.41) is 0. The van der Waals surface area contributed by atoms with Gasteiger partial charge in [-0.05, 0) is 32.1 Å². The molecule has 0 aromatic carbocycles. The number of epoxide rings is 1. The Bertz CT molecular complexity index is 130. The lowest BCUT2D eigenvalue weighted by Crippen LogP contribution is -2.11. The first-order chi connectivity index (χ1) is 6.18. The summed E-state index contributed by atoms with van der Waals surface area (Å²) in [6.45, 7) is 8.29. The molecule has 0 saturated carbocycles. The van der Waals surface area contributed by atoms with Gasteiger partial charge in [0.25, 0.3) is 0 Å². The Kier molecular flexibility index (Phi) is 4.74. The molecule has 2 atom stereocenters. The molecule has 0 bridgehead atoms. The number of hydrogen-bond donors (Lipinski definition) is 0. The summed E-state index contributed by atoms with van der Waals surface area (Å²) >= 11 is 0. The van der Waals surface area contributed by atoms with Crippen molar-refractivity contribution in [2.24, 2.45) is 0 Å². The molecule has 77 valence electrons. The van der Waals surface area contributed by atoms with E-state index in [2.05, 4.69) is 20.8 Å². The normalized spacial score (nSPS) is 23.5. The maximum absolute atomic E-state index is 5.65. The third kappa shape index (κ3) is 6.05. The molecule has 0 aliphatic carbocycles. The monoisotopic (exact) mass is 185 g/mol. The highest BCUT2D eigenvalue weighted by atomic mass is 16.6. The van der Waals surface area contributed by atoms with Crippen LogP contribution in [0.5, 0.6) is 0 Å². The molecule has 1 aliphatic rings. The van der Waals surface area contributed by atoms with Gasteiger partial charge in [0, 0.05) is 6.61 Å². The van der Waals surface area contributed by atoms with Gasteiger partial charge in [-0.1, -0.05) is 13.8 Å². The minimum Gasteiger partial charge on any atom is -0.378 e. The van der Waals surface area contributed by atoms with Gasteiger partial charge in [0.1, 0.15) is 0 Å². The molecular formula is C11H21O2. The molecule has 1 fully saturated rings. The molecular weight excluding hydrogens is 164 g/mol. The fraction of sp³-hybridized carbons (Fsp3) is 0.909. The molecule has 1 saturated heterocycles. The molecule has 0 amide bonds. The minimum atomic E-state index is 0.380. The van der Waals surface area contributed by atoms with Crippen LogP contribution in [-0.4, -0.2) is 25.4 Å². The maximum Gasteiger partial charge on any atom is 0.0810 e. The van der Waals surface area contributed by atoms with E-state index in [1.807, 2.05) is 0 Å². The van der Waals surface area contributed by atoms with Gasteiger partial charge in [-0.15, -0.1) is 0 Å². The zero-order chi connectivity index (χ0) is 9.68. The van der Waals surface area contributed by atoms with E-state index in [0.29, 0.717) is 12.2 Å². The lowest BCUT2D eigenvalue weighted by atomic mass is 10.1. The van der Waals surface area contributed by atoms with E-state index in [9.17, 15) is 0 Å². The Morgan fingerprint density at radius 1 is 1.54 bits per heavy atom. The average Bonchev–Trinajstić information content (AvgIpc) is 2.80. The standard InChI is InChI=1S/C11H21O2/c1-9(2)7-10(3)12-6-4-5-11-8-13-11/h10-11H,4-8H2,1-3H3. The van der Waals surface area contributed by atoms with Gasteiger partial charge >= 0.3 is 0 Å². The predicted octanol–water partition coefficient (Wildman–Crippen LogP) is 2.57. The number of ether oxygens (including phenoxy) is 2. The molecule has 1 radical (unpaired) electrons. The van der Waals surface area contributed by atoms with Crippen molar-refractivity contribution < 1.29 is 9.47 Å². The van der Waals surface area contributed by atoms with Crippen LogP contribution in [-0.2, 0) is 9.47 Å². The highest BCUT2D eigenvalue weighted by molar-refractivity contribution is 4.79. The van der Waals surface area contributed by atoms with E-state index >= 15 is 0 Å². The molecule has 0 aromatic heterocycles. The van der Waals surface area contributed by atoms with Crippen LogP contribution in [0.25, 0.3) is 0 Å². The van der Waals surface area contributed by atoms with Crippen molar-refractivity contribution in [3.63, 3.8) is 0 Å². The van der Waals surface area contributed by atoms with Crippen molar-refractivity contribution in [3.8, 4) is 0 Å². The van der Waals surface area contributed by atoms with Gasteiger partial charge in [0.2, 0.25) is 0 Å². The van der Waals surface area contributed by atoms with Gasteiger partial charge in [0.05, 0.1) is 18.8 Å². The van der Waals surface area contributed by atoms with Gasteiger partial charge in [-0.2, -0.15) is 0 Å². The third-order valence-corrected chi connectivity index (χ3v) is 2.17. The zero-order valence-corrected chi connectivity index (χ0v) is 9.01. The molecule has 1 rings (SSSR count). The molecule has 13 heavy (non-hydrogen) atoms. The van der Waals surface area contributed by atoms with Gasteiger partial charge < -0.3 is 9.47 Å². The Labute approximate surface area is 81.6 Å². The van der Waals surface area contributed by atoms with Crippen molar-refractivity contribution in [1.29, 1.82) is 0 Å². The van der Waals surface area contributed by atoms with Crippen molar-refractivity contribution >= 4 is 0 Å². The topological polar surface area (TPSA) is 21.8 Å². The number of hydrogen-bond acceptors (Lipinski definition) is 2. The first kappa shape index (κ1) is 11.0. The smallest absolute Gasteiger partial charge is 0.0810 e. The summed E-state index contributed by atoms with van der Waals surface area (Å²) in [6.07, 6.45) is 4.32. The molecule has 0 N–H and O–H groups in total. The largest absolute Gasteiger partial charge is 0.378 e. The lowest BCUT2D eigenvalue weighted by molar-refractivity contribution is 0.0596. The molecule has 2 heteroatoms. The summed E-state index contributed by atoms with van der Waals surface area (Å²) in [5.74, 6) is 1.44. The third-order valence-electron chi connectivity index (χ3n) is 2.17. The summed E-state index contributed by atoms with van der Waals surface area (Å²) in [5.41, 5.74) is 0. The minimum absolute atomic E-state index is 0.380. The van der Waals surface area contributed by atoms with Crippen LogP contribution in [0.2, 0.25) is 0 Å². The van der Waals surface area contributed by atoms with E-state index in [-0.39, 0.29) is 0 Å². The Balaban J connectivity index is 1.85. The molecule has 2 nitrogen and oxygen atoms in total. The molecule has 1 heterocycles. The van der Waals surface area contributed by atoms with Gasteiger partial charge in [0.15, 0.2) is 0 Å². The van der Waals surface area contributed by atoms with Crippen molar-refractivity contribution in [1.82, 2.24) is 0 Å². The summed E-state index contributed by atoms with van der Waals surface area (Å²) in [7, 11) is 0. The van der Waals surface area contributed by atoms with Gasteiger partial charge in [-0.3, -0.25) is 0 Å². The summed E-state index contributed by atoms with van der Waals surface area (Å²) < 4.78 is 10.8. The Hall–Kier alpha value is -0.0800. The van der Waals surface area contributed by atoms with Crippen LogP contribution in [0, 0.1) is 5.92 Å². The first-order valence-electron chi connectivity index (χ1n) is 5.20. The Morgan fingerprint density at radius 3 is 2.77 bits per heavy atom. The maximum atomic E-state index is 5.65. The predicted molar refractivity (Wildman–Crippen MR) is 53.6 cm³/mol. The highest BCUT2D eigenvalue weighted by Crippen LogP contribution is 2.16. The van der Waals surface area contributed by atoms with E-state index in [4.69, 9.17) is 9.47 Å².